The van der Waals surface area contributed by atoms with Gasteiger partial charge >= 0.3 is 5.97 Å². The van der Waals surface area contributed by atoms with Crippen molar-refractivity contribution >= 4 is 29.3 Å². The molecule has 0 aliphatic rings. The largest absolute Gasteiger partial charge is 0.481 e. The number of carboxylic acid groups (broad SMARTS) is 1. The average Bonchev–Trinajstić information content (AvgIpc) is 2.37. The van der Waals surface area contributed by atoms with Gasteiger partial charge in [0, 0.05) is 22.3 Å². The number of hydrogen-bond acceptors (Lipinski definition) is 4. The van der Waals surface area contributed by atoms with Gasteiger partial charge in [-0.1, -0.05) is 41.6 Å². The number of benzene rings is 1. The fourth-order valence-corrected chi connectivity index (χ4v) is 2.37. The summed E-state index contributed by atoms with van der Waals surface area (Å²) in [6.45, 7) is 0. The number of carbonyl (C=O) groups is 1. The zero-order chi connectivity index (χ0) is 13.0. The molecule has 6 heteroatoms. The number of rotatable bonds is 4. The van der Waals surface area contributed by atoms with Crippen LogP contribution in [0.15, 0.2) is 41.8 Å². The second kappa shape index (κ2) is 5.84. The molecular weight excluding hydrogens is 272 g/mol. The standard InChI is InChI=1S/C12H9ClN2O2S/c13-10-4-2-1-3-8(10)9-5-14-7-15-12(9)18-6-11(16)17/h1-5,7H,6H2,(H,16,17). The van der Waals surface area contributed by atoms with Crippen molar-refractivity contribution in [2.45, 2.75) is 5.03 Å². The van der Waals surface area contributed by atoms with Crippen molar-refractivity contribution in [3.63, 3.8) is 0 Å². The lowest BCUT2D eigenvalue weighted by molar-refractivity contribution is -0.133. The molecule has 92 valence electrons. The molecule has 2 rings (SSSR count). The molecule has 1 N–H and O–H groups in total. The highest BCUT2D eigenvalue weighted by atomic mass is 35.5. The Hall–Kier alpha value is -1.59. The van der Waals surface area contributed by atoms with Gasteiger partial charge in [-0.25, -0.2) is 9.97 Å². The summed E-state index contributed by atoms with van der Waals surface area (Å²) in [6, 6.07) is 7.32. The van der Waals surface area contributed by atoms with Gasteiger partial charge in [-0.3, -0.25) is 4.79 Å². The molecule has 0 aliphatic carbocycles. The molecule has 0 atom stereocenters. The molecule has 0 saturated carbocycles. The van der Waals surface area contributed by atoms with Gasteiger partial charge in [0.25, 0.3) is 0 Å². The minimum atomic E-state index is -0.885. The maximum atomic E-state index is 10.6. The van der Waals surface area contributed by atoms with Gasteiger partial charge in [0.1, 0.15) is 11.4 Å². The quantitative estimate of drug-likeness (QED) is 0.689. The van der Waals surface area contributed by atoms with E-state index in [9.17, 15) is 4.79 Å². The number of aliphatic carboxylic acids is 1. The van der Waals surface area contributed by atoms with Gasteiger partial charge in [0.2, 0.25) is 0 Å². The van der Waals surface area contributed by atoms with Gasteiger partial charge in [-0.2, -0.15) is 0 Å². The first kappa shape index (κ1) is 12.9. The van der Waals surface area contributed by atoms with Crippen molar-refractivity contribution in [3.8, 4) is 11.1 Å². The molecule has 4 nitrogen and oxygen atoms in total. The first-order valence-corrected chi connectivity index (χ1v) is 6.44. The van der Waals surface area contributed by atoms with Crippen LogP contribution in [0.3, 0.4) is 0 Å². The molecule has 18 heavy (non-hydrogen) atoms. The third-order valence-electron chi connectivity index (χ3n) is 2.17. The lowest BCUT2D eigenvalue weighted by Gasteiger charge is -2.07. The molecule has 1 heterocycles. The number of aromatic nitrogens is 2. The average molecular weight is 281 g/mol. The molecule has 0 radical (unpaired) electrons. The van der Waals surface area contributed by atoms with Gasteiger partial charge in [-0.05, 0) is 6.07 Å². The minimum Gasteiger partial charge on any atom is -0.481 e. The van der Waals surface area contributed by atoms with Crippen molar-refractivity contribution in [1.82, 2.24) is 9.97 Å². The predicted molar refractivity (Wildman–Crippen MR) is 70.8 cm³/mol. The predicted octanol–water partition coefficient (Wildman–Crippen LogP) is 2.97. The van der Waals surface area contributed by atoms with Crippen LogP contribution < -0.4 is 0 Å². The second-order valence-electron chi connectivity index (χ2n) is 3.40. The molecule has 0 saturated heterocycles. The summed E-state index contributed by atoms with van der Waals surface area (Å²) in [5.41, 5.74) is 1.54. The van der Waals surface area contributed by atoms with Crippen molar-refractivity contribution < 1.29 is 9.90 Å². The molecule has 0 fully saturated rings. The van der Waals surface area contributed by atoms with E-state index >= 15 is 0 Å². The summed E-state index contributed by atoms with van der Waals surface area (Å²) in [5, 5.41) is 9.90. The molecular formula is C12H9ClN2O2S. The van der Waals surface area contributed by atoms with E-state index in [-0.39, 0.29) is 5.75 Å². The van der Waals surface area contributed by atoms with Crippen LogP contribution in [0.25, 0.3) is 11.1 Å². The minimum absolute atomic E-state index is 0.0472. The zero-order valence-corrected chi connectivity index (χ0v) is 10.8. The van der Waals surface area contributed by atoms with E-state index in [0.29, 0.717) is 10.0 Å². The van der Waals surface area contributed by atoms with E-state index in [1.54, 1.807) is 12.3 Å². The van der Waals surface area contributed by atoms with Gasteiger partial charge < -0.3 is 5.11 Å². The first-order valence-electron chi connectivity index (χ1n) is 5.08. The highest BCUT2D eigenvalue weighted by Crippen LogP contribution is 2.33. The Morgan fingerprint density at radius 2 is 2.11 bits per heavy atom. The lowest BCUT2D eigenvalue weighted by atomic mass is 10.1. The molecule has 1 aromatic heterocycles. The molecule has 2 aromatic rings. The molecule has 0 aliphatic heterocycles. The van der Waals surface area contributed by atoms with Crippen LogP contribution in [-0.4, -0.2) is 26.8 Å². The maximum absolute atomic E-state index is 10.6. The Morgan fingerprint density at radius 3 is 2.83 bits per heavy atom. The Balaban J connectivity index is 2.39. The fourth-order valence-electron chi connectivity index (χ4n) is 1.43. The number of nitrogens with zero attached hydrogens (tertiary/aromatic N) is 2. The van der Waals surface area contributed by atoms with Crippen LogP contribution in [0.5, 0.6) is 0 Å². The third-order valence-corrected chi connectivity index (χ3v) is 3.49. The SMILES string of the molecule is O=C(O)CSc1ncncc1-c1ccccc1Cl. The number of thioether (sulfide) groups is 1. The lowest BCUT2D eigenvalue weighted by Crippen LogP contribution is -1.99. The highest BCUT2D eigenvalue weighted by molar-refractivity contribution is 8.00. The summed E-state index contributed by atoms with van der Waals surface area (Å²) in [7, 11) is 0. The van der Waals surface area contributed by atoms with E-state index in [2.05, 4.69) is 9.97 Å². The van der Waals surface area contributed by atoms with Gasteiger partial charge in [0.15, 0.2) is 0 Å². The van der Waals surface area contributed by atoms with Crippen LogP contribution in [-0.2, 0) is 4.79 Å². The van der Waals surface area contributed by atoms with Crippen molar-refractivity contribution in [2.24, 2.45) is 0 Å². The Kier molecular flexibility index (Phi) is 4.17. The maximum Gasteiger partial charge on any atom is 0.313 e. The van der Waals surface area contributed by atoms with Gasteiger partial charge in [-0.15, -0.1) is 0 Å². The van der Waals surface area contributed by atoms with Gasteiger partial charge in [0.05, 0.1) is 5.75 Å². The summed E-state index contributed by atoms with van der Waals surface area (Å²) in [6.07, 6.45) is 3.03. The zero-order valence-electron chi connectivity index (χ0n) is 9.21. The Labute approximate surface area is 113 Å². The number of carboxylic acids is 1. The Bertz CT molecular complexity index is 578. The van der Waals surface area contributed by atoms with E-state index in [1.807, 2.05) is 18.2 Å². The smallest absolute Gasteiger partial charge is 0.313 e. The second-order valence-corrected chi connectivity index (χ2v) is 4.78. The fraction of sp³-hybridized carbons (Fsp3) is 0.0833. The monoisotopic (exact) mass is 280 g/mol. The highest BCUT2D eigenvalue weighted by Gasteiger charge is 2.11. The van der Waals surface area contributed by atoms with E-state index in [1.165, 1.54) is 6.33 Å². The van der Waals surface area contributed by atoms with E-state index in [0.717, 1.165) is 22.9 Å². The van der Waals surface area contributed by atoms with Crippen molar-refractivity contribution in [2.75, 3.05) is 5.75 Å². The molecule has 0 spiro atoms. The number of halogens is 1. The summed E-state index contributed by atoms with van der Waals surface area (Å²) >= 11 is 7.26. The molecule has 0 unspecified atom stereocenters. The van der Waals surface area contributed by atoms with E-state index < -0.39 is 5.97 Å². The normalized spacial score (nSPS) is 10.3. The molecule has 0 bridgehead atoms. The third kappa shape index (κ3) is 3.00. The van der Waals surface area contributed by atoms with Crippen LogP contribution in [0.1, 0.15) is 0 Å². The van der Waals surface area contributed by atoms with Crippen LogP contribution in [0.2, 0.25) is 5.02 Å². The van der Waals surface area contributed by atoms with Crippen molar-refractivity contribution in [1.29, 1.82) is 0 Å². The van der Waals surface area contributed by atoms with Crippen LogP contribution in [0.4, 0.5) is 0 Å². The van der Waals surface area contributed by atoms with Crippen molar-refractivity contribution in [3.05, 3.63) is 41.8 Å². The number of hydrogen-bond donors (Lipinski definition) is 1. The molecule has 1 aromatic carbocycles. The first-order chi connectivity index (χ1) is 8.68. The summed E-state index contributed by atoms with van der Waals surface area (Å²) < 4.78 is 0. The summed E-state index contributed by atoms with van der Waals surface area (Å²) in [5.74, 6) is -0.933. The van der Waals surface area contributed by atoms with Crippen LogP contribution in [0, 0.1) is 0 Å². The summed E-state index contributed by atoms with van der Waals surface area (Å²) in [4.78, 5) is 18.7. The van der Waals surface area contributed by atoms with E-state index in [4.69, 9.17) is 16.7 Å². The molecule has 0 amide bonds. The Morgan fingerprint density at radius 1 is 1.33 bits per heavy atom. The topological polar surface area (TPSA) is 63.1 Å². The van der Waals surface area contributed by atoms with Crippen LogP contribution >= 0.6 is 23.4 Å².